The van der Waals surface area contributed by atoms with Gasteiger partial charge in [-0.15, -0.1) is 0 Å². The first-order valence-electron chi connectivity index (χ1n) is 9.92. The summed E-state index contributed by atoms with van der Waals surface area (Å²) in [6.45, 7) is 2.74. The standard InChI is InChI=1S/C20H22Cl2N6O2S/c1-31-20-25-18(27-7-2-3-8-27)14-11-24-28(19(14)26-20)9-6-23-17(29)12-30-16-5-4-13(21)10-15(16)22/h4-5,10-11H,2-3,6-9,12H2,1H3,(H,23,29). The van der Waals surface area contributed by atoms with Crippen molar-refractivity contribution in [2.24, 2.45) is 0 Å². The number of hydrogen-bond acceptors (Lipinski definition) is 7. The Kier molecular flexibility index (Phi) is 7.04. The van der Waals surface area contributed by atoms with Gasteiger partial charge in [0.1, 0.15) is 11.6 Å². The van der Waals surface area contributed by atoms with Crippen LogP contribution in [0.3, 0.4) is 0 Å². The fraction of sp³-hybridized carbons (Fsp3) is 0.400. The molecule has 11 heteroatoms. The summed E-state index contributed by atoms with van der Waals surface area (Å²) in [4.78, 5) is 23.8. The van der Waals surface area contributed by atoms with Crippen molar-refractivity contribution in [2.75, 3.05) is 37.4 Å². The molecule has 0 saturated carbocycles. The minimum atomic E-state index is -0.250. The molecule has 8 nitrogen and oxygen atoms in total. The van der Waals surface area contributed by atoms with Crippen LogP contribution in [0.15, 0.2) is 29.6 Å². The van der Waals surface area contributed by atoms with E-state index in [9.17, 15) is 4.79 Å². The molecule has 1 aliphatic rings. The molecule has 1 fully saturated rings. The summed E-state index contributed by atoms with van der Waals surface area (Å²) in [5.41, 5.74) is 0.777. The lowest BCUT2D eigenvalue weighted by Crippen LogP contribution is -2.31. The highest BCUT2D eigenvalue weighted by Gasteiger charge is 2.20. The van der Waals surface area contributed by atoms with Gasteiger partial charge in [-0.05, 0) is 37.3 Å². The molecular formula is C20H22Cl2N6O2S. The zero-order chi connectivity index (χ0) is 21.8. The largest absolute Gasteiger partial charge is 0.482 e. The lowest BCUT2D eigenvalue weighted by atomic mass is 10.3. The second-order valence-corrected chi connectivity index (χ2v) is 8.66. The number of nitrogens with zero attached hydrogens (tertiary/aromatic N) is 5. The Hall–Kier alpha value is -2.23. The maximum atomic E-state index is 12.1. The van der Waals surface area contributed by atoms with Gasteiger partial charge in [0.15, 0.2) is 17.4 Å². The molecule has 164 valence electrons. The van der Waals surface area contributed by atoms with Crippen LogP contribution in [0.2, 0.25) is 10.0 Å². The minimum absolute atomic E-state index is 0.140. The summed E-state index contributed by atoms with van der Waals surface area (Å²) < 4.78 is 7.26. The molecule has 1 aromatic carbocycles. The molecule has 1 aliphatic heterocycles. The van der Waals surface area contributed by atoms with E-state index in [1.165, 1.54) is 24.6 Å². The first-order chi connectivity index (χ1) is 15.0. The second-order valence-electron chi connectivity index (χ2n) is 7.05. The average Bonchev–Trinajstić information content (AvgIpc) is 3.43. The molecule has 0 spiro atoms. The Morgan fingerprint density at radius 1 is 1.26 bits per heavy atom. The third-order valence-corrected chi connectivity index (χ3v) is 6.02. The van der Waals surface area contributed by atoms with Crippen molar-refractivity contribution in [3.8, 4) is 5.75 Å². The molecule has 3 aromatic rings. The van der Waals surface area contributed by atoms with Crippen LogP contribution >= 0.6 is 35.0 Å². The Morgan fingerprint density at radius 2 is 2.06 bits per heavy atom. The third-order valence-electron chi connectivity index (χ3n) is 4.94. The minimum Gasteiger partial charge on any atom is -0.482 e. The van der Waals surface area contributed by atoms with Crippen LogP contribution in [0.1, 0.15) is 12.8 Å². The van der Waals surface area contributed by atoms with Crippen LogP contribution in [0.25, 0.3) is 11.0 Å². The van der Waals surface area contributed by atoms with Gasteiger partial charge in [-0.3, -0.25) is 4.79 Å². The third kappa shape index (κ3) is 5.16. The number of rotatable bonds is 8. The van der Waals surface area contributed by atoms with Crippen molar-refractivity contribution < 1.29 is 9.53 Å². The first kappa shape index (κ1) is 22.0. The molecule has 1 amide bonds. The monoisotopic (exact) mass is 480 g/mol. The molecule has 0 bridgehead atoms. The van der Waals surface area contributed by atoms with Gasteiger partial charge >= 0.3 is 0 Å². The summed E-state index contributed by atoms with van der Waals surface area (Å²) in [5.74, 6) is 1.10. The van der Waals surface area contributed by atoms with Crippen molar-refractivity contribution in [3.63, 3.8) is 0 Å². The van der Waals surface area contributed by atoms with Crippen molar-refractivity contribution >= 4 is 57.7 Å². The highest BCUT2D eigenvalue weighted by atomic mass is 35.5. The maximum absolute atomic E-state index is 12.1. The molecular weight excluding hydrogens is 459 g/mol. The molecule has 1 saturated heterocycles. The van der Waals surface area contributed by atoms with Crippen LogP contribution in [-0.2, 0) is 11.3 Å². The predicted octanol–water partition coefficient (Wildman–Crippen LogP) is 3.65. The molecule has 1 N–H and O–H groups in total. The van der Waals surface area contributed by atoms with Gasteiger partial charge in [-0.25, -0.2) is 14.6 Å². The SMILES string of the molecule is CSc1nc(N2CCCC2)c2cnn(CCNC(=O)COc3ccc(Cl)cc3Cl)c2n1. The van der Waals surface area contributed by atoms with Crippen molar-refractivity contribution in [1.29, 1.82) is 0 Å². The van der Waals surface area contributed by atoms with E-state index in [0.29, 0.717) is 34.0 Å². The molecule has 31 heavy (non-hydrogen) atoms. The molecule has 0 atom stereocenters. The van der Waals surface area contributed by atoms with E-state index in [1.54, 1.807) is 29.1 Å². The van der Waals surface area contributed by atoms with E-state index in [2.05, 4.69) is 20.3 Å². The summed E-state index contributed by atoms with van der Waals surface area (Å²) in [7, 11) is 0. The summed E-state index contributed by atoms with van der Waals surface area (Å²) in [6.07, 6.45) is 6.11. The van der Waals surface area contributed by atoms with Crippen molar-refractivity contribution in [2.45, 2.75) is 24.5 Å². The normalized spacial score (nSPS) is 13.7. The number of thioether (sulfide) groups is 1. The van der Waals surface area contributed by atoms with Gasteiger partial charge in [0.25, 0.3) is 5.91 Å². The Bertz CT molecular complexity index is 1090. The lowest BCUT2D eigenvalue weighted by Gasteiger charge is -2.17. The van der Waals surface area contributed by atoms with Gasteiger partial charge in [0.05, 0.1) is 23.2 Å². The molecule has 3 heterocycles. The number of carbonyl (C=O) groups is 1. The fourth-order valence-electron chi connectivity index (χ4n) is 3.43. The van der Waals surface area contributed by atoms with Gasteiger partial charge in [-0.1, -0.05) is 35.0 Å². The number of benzene rings is 1. The van der Waals surface area contributed by atoms with Crippen LogP contribution in [0.5, 0.6) is 5.75 Å². The summed E-state index contributed by atoms with van der Waals surface area (Å²) in [6, 6.07) is 4.86. The number of amides is 1. The van der Waals surface area contributed by atoms with Gasteiger partial charge < -0.3 is 15.0 Å². The van der Waals surface area contributed by atoms with Crippen LogP contribution in [0, 0.1) is 0 Å². The van der Waals surface area contributed by atoms with Gasteiger partial charge in [0.2, 0.25) is 0 Å². The van der Waals surface area contributed by atoms with E-state index in [4.69, 9.17) is 32.9 Å². The Morgan fingerprint density at radius 3 is 2.81 bits per heavy atom. The smallest absolute Gasteiger partial charge is 0.258 e. The van der Waals surface area contributed by atoms with Crippen molar-refractivity contribution in [1.82, 2.24) is 25.1 Å². The van der Waals surface area contributed by atoms with E-state index in [-0.39, 0.29) is 12.5 Å². The quantitative estimate of drug-likeness (QED) is 0.388. The highest BCUT2D eigenvalue weighted by molar-refractivity contribution is 7.98. The molecule has 0 unspecified atom stereocenters. The number of anilines is 1. The molecule has 0 radical (unpaired) electrons. The maximum Gasteiger partial charge on any atom is 0.258 e. The zero-order valence-corrected chi connectivity index (χ0v) is 19.3. The molecule has 2 aromatic heterocycles. The highest BCUT2D eigenvalue weighted by Crippen LogP contribution is 2.29. The number of carbonyl (C=O) groups excluding carboxylic acids is 1. The van der Waals surface area contributed by atoms with Crippen LogP contribution in [-0.4, -0.2) is 58.2 Å². The number of nitrogens with one attached hydrogen (secondary N) is 1. The molecule has 0 aliphatic carbocycles. The zero-order valence-electron chi connectivity index (χ0n) is 17.0. The predicted molar refractivity (Wildman–Crippen MR) is 124 cm³/mol. The number of hydrogen-bond donors (Lipinski definition) is 1. The summed E-state index contributed by atoms with van der Waals surface area (Å²) in [5, 5.41) is 9.84. The van der Waals surface area contributed by atoms with Crippen LogP contribution in [0.4, 0.5) is 5.82 Å². The average molecular weight is 481 g/mol. The Labute approximate surface area is 194 Å². The van der Waals surface area contributed by atoms with E-state index >= 15 is 0 Å². The van der Waals surface area contributed by atoms with Gasteiger partial charge in [-0.2, -0.15) is 5.10 Å². The number of halogens is 2. The van der Waals surface area contributed by atoms with E-state index in [0.717, 1.165) is 29.9 Å². The summed E-state index contributed by atoms with van der Waals surface area (Å²) >= 11 is 13.4. The molecule has 4 rings (SSSR count). The van der Waals surface area contributed by atoms with Gasteiger partial charge in [0, 0.05) is 24.7 Å². The van der Waals surface area contributed by atoms with Crippen LogP contribution < -0.4 is 15.0 Å². The number of aromatic nitrogens is 4. The van der Waals surface area contributed by atoms with E-state index < -0.39 is 0 Å². The number of fused-ring (bicyclic) bond motifs is 1. The number of ether oxygens (including phenoxy) is 1. The van der Waals surface area contributed by atoms with E-state index in [1.807, 2.05) is 6.26 Å². The second kappa shape index (κ2) is 9.93. The Balaban J connectivity index is 1.37. The fourth-order valence-corrected chi connectivity index (χ4v) is 4.25. The lowest BCUT2D eigenvalue weighted by molar-refractivity contribution is -0.123. The topological polar surface area (TPSA) is 85.2 Å². The van der Waals surface area contributed by atoms with Crippen molar-refractivity contribution in [3.05, 3.63) is 34.4 Å². The first-order valence-corrected chi connectivity index (χ1v) is 11.9.